The summed E-state index contributed by atoms with van der Waals surface area (Å²) in [5.74, 6) is 0.182. The van der Waals surface area contributed by atoms with Crippen LogP contribution in [0.15, 0.2) is 0 Å². The number of fused-ring (bicyclic) bond motifs is 1. The van der Waals surface area contributed by atoms with Crippen molar-refractivity contribution < 1.29 is 4.79 Å². The number of carbonyl (C=O) groups is 1. The summed E-state index contributed by atoms with van der Waals surface area (Å²) in [6, 6.07) is 0.595. The van der Waals surface area contributed by atoms with E-state index >= 15 is 0 Å². The molecule has 2 heterocycles. The number of amides is 1. The first kappa shape index (κ1) is 8.05. The number of hydrogen-bond donors (Lipinski definition) is 1. The molecule has 2 saturated heterocycles. The van der Waals surface area contributed by atoms with Gasteiger partial charge >= 0.3 is 0 Å². The van der Waals surface area contributed by atoms with Crippen molar-refractivity contribution in [2.75, 3.05) is 13.1 Å². The van der Waals surface area contributed by atoms with Crippen LogP contribution in [0, 0.1) is 0 Å². The maximum Gasteiger partial charge on any atom is 0.234 e. The molecular formula is C9H16N2O. The average Bonchev–Trinajstić information content (AvgIpc) is 2.28. The lowest BCUT2D eigenvalue weighted by atomic mass is 10.0. The Balaban J connectivity index is 2.15. The molecule has 1 amide bonds. The van der Waals surface area contributed by atoms with Crippen molar-refractivity contribution in [3.63, 3.8) is 0 Å². The smallest absolute Gasteiger partial charge is 0.234 e. The van der Waals surface area contributed by atoms with Gasteiger partial charge < -0.3 is 5.32 Å². The zero-order valence-corrected chi connectivity index (χ0v) is 7.76. The predicted octanol–water partition coefficient (Wildman–Crippen LogP) is 0.359. The summed E-state index contributed by atoms with van der Waals surface area (Å²) in [6.07, 6.45) is 2.44. The highest BCUT2D eigenvalue weighted by Crippen LogP contribution is 2.33. The first-order chi connectivity index (χ1) is 5.59. The molecule has 12 heavy (non-hydrogen) atoms. The van der Waals surface area contributed by atoms with Gasteiger partial charge in [-0.3, -0.25) is 9.69 Å². The maximum atomic E-state index is 11.1. The van der Waals surface area contributed by atoms with Gasteiger partial charge in [-0.2, -0.15) is 0 Å². The van der Waals surface area contributed by atoms with Gasteiger partial charge in [0.1, 0.15) is 0 Å². The molecule has 0 aromatic carbocycles. The number of piperazine rings is 1. The minimum atomic E-state index is 0.182. The molecule has 2 fully saturated rings. The second-order valence-electron chi connectivity index (χ2n) is 4.44. The molecule has 2 aliphatic heterocycles. The van der Waals surface area contributed by atoms with Gasteiger partial charge in [0.15, 0.2) is 0 Å². The molecule has 0 bridgehead atoms. The van der Waals surface area contributed by atoms with E-state index in [1.54, 1.807) is 0 Å². The van der Waals surface area contributed by atoms with Crippen LogP contribution in [0.1, 0.15) is 26.7 Å². The first-order valence-corrected chi connectivity index (χ1v) is 4.63. The van der Waals surface area contributed by atoms with Gasteiger partial charge in [0.05, 0.1) is 6.54 Å². The Morgan fingerprint density at radius 3 is 3.08 bits per heavy atom. The number of nitrogens with zero attached hydrogens (tertiary/aromatic N) is 1. The van der Waals surface area contributed by atoms with Crippen molar-refractivity contribution in [2.24, 2.45) is 0 Å². The third kappa shape index (κ3) is 1.12. The van der Waals surface area contributed by atoms with Crippen LogP contribution in [-0.4, -0.2) is 35.5 Å². The molecule has 1 N–H and O–H groups in total. The zero-order chi connectivity index (χ0) is 8.77. The molecular weight excluding hydrogens is 152 g/mol. The topological polar surface area (TPSA) is 32.3 Å². The van der Waals surface area contributed by atoms with Crippen LogP contribution in [0.25, 0.3) is 0 Å². The molecule has 0 aromatic heterocycles. The van der Waals surface area contributed by atoms with Crippen LogP contribution in [0.4, 0.5) is 0 Å². The Hall–Kier alpha value is -0.570. The summed E-state index contributed by atoms with van der Waals surface area (Å²) in [7, 11) is 0. The summed E-state index contributed by atoms with van der Waals surface area (Å²) in [6.45, 7) is 5.90. The fraction of sp³-hybridized carbons (Fsp3) is 0.889. The van der Waals surface area contributed by atoms with E-state index in [1.165, 1.54) is 12.8 Å². The number of hydrogen-bond acceptors (Lipinski definition) is 2. The largest absolute Gasteiger partial charge is 0.353 e. The molecule has 0 saturated carbocycles. The van der Waals surface area contributed by atoms with E-state index in [-0.39, 0.29) is 11.4 Å². The summed E-state index contributed by atoms with van der Waals surface area (Å²) < 4.78 is 0. The Bertz CT molecular complexity index is 213. The third-order valence-corrected chi connectivity index (χ3v) is 3.16. The van der Waals surface area contributed by atoms with E-state index in [0.29, 0.717) is 12.6 Å². The average molecular weight is 168 g/mol. The predicted molar refractivity (Wildman–Crippen MR) is 46.8 cm³/mol. The third-order valence-electron chi connectivity index (χ3n) is 3.16. The summed E-state index contributed by atoms with van der Waals surface area (Å²) in [5, 5.41) is 2.91. The van der Waals surface area contributed by atoms with Crippen LogP contribution in [0.5, 0.6) is 0 Å². The molecule has 68 valence electrons. The van der Waals surface area contributed by atoms with Crippen LogP contribution in [0.2, 0.25) is 0 Å². The highest BCUT2D eigenvalue weighted by molar-refractivity contribution is 5.79. The van der Waals surface area contributed by atoms with Crippen molar-refractivity contribution in [3.8, 4) is 0 Å². The SMILES string of the molecule is CC1(C)CCC2CNC(=O)CN21. The Labute approximate surface area is 73.1 Å². The molecule has 0 spiro atoms. The van der Waals surface area contributed by atoms with Gasteiger partial charge in [0, 0.05) is 18.1 Å². The number of carbonyl (C=O) groups excluding carboxylic acids is 1. The molecule has 3 nitrogen and oxygen atoms in total. The van der Waals surface area contributed by atoms with Gasteiger partial charge in [0.2, 0.25) is 5.91 Å². The van der Waals surface area contributed by atoms with Crippen molar-refractivity contribution in [3.05, 3.63) is 0 Å². The first-order valence-electron chi connectivity index (χ1n) is 4.63. The lowest BCUT2D eigenvalue weighted by Crippen LogP contribution is -2.56. The Morgan fingerprint density at radius 2 is 2.33 bits per heavy atom. The number of nitrogens with one attached hydrogen (secondary N) is 1. The molecule has 0 aromatic rings. The fourth-order valence-corrected chi connectivity index (χ4v) is 2.31. The van der Waals surface area contributed by atoms with Gasteiger partial charge in [-0.25, -0.2) is 0 Å². The van der Waals surface area contributed by atoms with E-state index in [4.69, 9.17) is 0 Å². The molecule has 3 heteroatoms. The van der Waals surface area contributed by atoms with Gasteiger partial charge in [-0.1, -0.05) is 0 Å². The van der Waals surface area contributed by atoms with Crippen molar-refractivity contribution >= 4 is 5.91 Å². The molecule has 0 aliphatic carbocycles. The lowest BCUT2D eigenvalue weighted by molar-refractivity contribution is -0.126. The molecule has 2 rings (SSSR count). The minimum absolute atomic E-state index is 0.182. The Kier molecular flexibility index (Phi) is 1.65. The van der Waals surface area contributed by atoms with Crippen LogP contribution >= 0.6 is 0 Å². The quantitative estimate of drug-likeness (QED) is 0.566. The summed E-state index contributed by atoms with van der Waals surface area (Å²) >= 11 is 0. The second-order valence-corrected chi connectivity index (χ2v) is 4.44. The Morgan fingerprint density at radius 1 is 1.58 bits per heavy atom. The van der Waals surface area contributed by atoms with Crippen LogP contribution < -0.4 is 5.32 Å². The molecule has 0 radical (unpaired) electrons. The second kappa shape index (κ2) is 2.46. The zero-order valence-electron chi connectivity index (χ0n) is 7.76. The minimum Gasteiger partial charge on any atom is -0.353 e. The molecule has 2 aliphatic rings. The summed E-state index contributed by atoms with van der Waals surface area (Å²) in [4.78, 5) is 13.5. The van der Waals surface area contributed by atoms with Crippen LogP contribution in [-0.2, 0) is 4.79 Å². The summed E-state index contributed by atoms with van der Waals surface area (Å²) in [5.41, 5.74) is 0.239. The highest BCUT2D eigenvalue weighted by atomic mass is 16.2. The van der Waals surface area contributed by atoms with E-state index in [2.05, 4.69) is 24.1 Å². The van der Waals surface area contributed by atoms with E-state index in [9.17, 15) is 4.79 Å². The fourth-order valence-electron chi connectivity index (χ4n) is 2.31. The van der Waals surface area contributed by atoms with Gasteiger partial charge in [-0.05, 0) is 26.7 Å². The number of rotatable bonds is 0. The monoisotopic (exact) mass is 168 g/mol. The maximum absolute atomic E-state index is 11.1. The van der Waals surface area contributed by atoms with E-state index in [1.807, 2.05) is 0 Å². The standard InChI is InChI=1S/C9H16N2O/c1-9(2)4-3-7-5-10-8(12)6-11(7)9/h7H,3-6H2,1-2H3,(H,10,12). The van der Waals surface area contributed by atoms with Gasteiger partial charge in [-0.15, -0.1) is 0 Å². The van der Waals surface area contributed by atoms with Gasteiger partial charge in [0.25, 0.3) is 0 Å². The molecule has 1 atom stereocenters. The highest BCUT2D eigenvalue weighted by Gasteiger charge is 2.42. The van der Waals surface area contributed by atoms with Crippen molar-refractivity contribution in [2.45, 2.75) is 38.3 Å². The van der Waals surface area contributed by atoms with E-state index < -0.39 is 0 Å². The lowest BCUT2D eigenvalue weighted by Gasteiger charge is -2.38. The normalized spacial score (nSPS) is 34.5. The van der Waals surface area contributed by atoms with Crippen LogP contribution in [0.3, 0.4) is 0 Å². The van der Waals surface area contributed by atoms with Crippen molar-refractivity contribution in [1.82, 2.24) is 10.2 Å². The van der Waals surface area contributed by atoms with E-state index in [0.717, 1.165) is 6.54 Å². The van der Waals surface area contributed by atoms with Crippen molar-refractivity contribution in [1.29, 1.82) is 0 Å². The molecule has 1 unspecified atom stereocenters.